The van der Waals surface area contributed by atoms with Crippen molar-refractivity contribution in [3.05, 3.63) is 29.3 Å². The molecule has 2 aliphatic rings. The highest BCUT2D eigenvalue weighted by Crippen LogP contribution is 2.21. The lowest BCUT2D eigenvalue weighted by atomic mass is 10.1. The molecule has 2 heterocycles. The number of hydrogen-bond donors (Lipinski definition) is 2. The van der Waals surface area contributed by atoms with Gasteiger partial charge in [0.1, 0.15) is 6.04 Å². The van der Waals surface area contributed by atoms with Crippen LogP contribution in [0.4, 0.5) is 5.69 Å². The summed E-state index contributed by atoms with van der Waals surface area (Å²) in [5.41, 5.74) is 0.460. The second kappa shape index (κ2) is 9.71. The number of anilines is 1. The van der Waals surface area contributed by atoms with Crippen LogP contribution in [0.3, 0.4) is 0 Å². The first kappa shape index (κ1) is 21.1. The van der Waals surface area contributed by atoms with Gasteiger partial charge in [-0.1, -0.05) is 23.7 Å². The lowest BCUT2D eigenvalue weighted by molar-refractivity contribution is -0.145. The Bertz CT molecular complexity index is 782. The van der Waals surface area contributed by atoms with Gasteiger partial charge in [-0.05, 0) is 12.1 Å². The number of benzene rings is 1. The number of nitrogens with zero attached hydrogens (tertiary/aromatic N) is 3. The standard InChI is InChI=1S/C19H24ClN5O4/c20-14-3-1-2-4-15(14)22-17(27)11-16-19(29)21-5-6-25(16)18(28)12-23-7-9-24(13-26)10-8-23/h1-4,13,16H,5-12H2,(H,21,29)(H,22,27). The number of piperazine rings is 2. The van der Waals surface area contributed by atoms with Crippen LogP contribution in [0, 0.1) is 0 Å². The van der Waals surface area contributed by atoms with Crippen molar-refractivity contribution in [2.45, 2.75) is 12.5 Å². The van der Waals surface area contributed by atoms with Crippen LogP contribution in [-0.4, -0.2) is 90.7 Å². The van der Waals surface area contributed by atoms with Crippen molar-refractivity contribution in [3.63, 3.8) is 0 Å². The molecule has 0 aromatic heterocycles. The molecule has 9 nitrogen and oxygen atoms in total. The zero-order chi connectivity index (χ0) is 20.8. The van der Waals surface area contributed by atoms with Crippen LogP contribution in [-0.2, 0) is 19.2 Å². The summed E-state index contributed by atoms with van der Waals surface area (Å²) < 4.78 is 0. The van der Waals surface area contributed by atoms with Gasteiger partial charge in [-0.25, -0.2) is 0 Å². The number of rotatable bonds is 6. The second-order valence-corrected chi connectivity index (χ2v) is 7.45. The third kappa shape index (κ3) is 5.45. The van der Waals surface area contributed by atoms with Gasteiger partial charge in [-0.2, -0.15) is 0 Å². The van der Waals surface area contributed by atoms with E-state index in [2.05, 4.69) is 10.6 Å². The van der Waals surface area contributed by atoms with Crippen molar-refractivity contribution in [1.82, 2.24) is 20.0 Å². The van der Waals surface area contributed by atoms with Gasteiger partial charge in [-0.15, -0.1) is 0 Å². The highest BCUT2D eigenvalue weighted by Gasteiger charge is 2.35. The van der Waals surface area contributed by atoms with E-state index in [0.717, 1.165) is 6.41 Å². The first-order chi connectivity index (χ1) is 14.0. The van der Waals surface area contributed by atoms with E-state index in [0.29, 0.717) is 50.0 Å². The molecule has 2 N–H and O–H groups in total. The molecule has 0 saturated carbocycles. The molecule has 2 saturated heterocycles. The number of halogens is 1. The SMILES string of the molecule is O=CN1CCN(CC(=O)N2CCNC(=O)C2CC(=O)Nc2ccccc2Cl)CC1. The Hall–Kier alpha value is -2.65. The van der Waals surface area contributed by atoms with E-state index >= 15 is 0 Å². The first-order valence-electron chi connectivity index (χ1n) is 9.51. The Morgan fingerprint density at radius 1 is 1.17 bits per heavy atom. The quantitative estimate of drug-likeness (QED) is 0.618. The Labute approximate surface area is 173 Å². The second-order valence-electron chi connectivity index (χ2n) is 7.04. The van der Waals surface area contributed by atoms with Gasteiger partial charge >= 0.3 is 0 Å². The van der Waals surface area contributed by atoms with Crippen LogP contribution in [0.5, 0.6) is 0 Å². The summed E-state index contributed by atoms with van der Waals surface area (Å²) >= 11 is 6.06. The zero-order valence-electron chi connectivity index (χ0n) is 16.0. The highest BCUT2D eigenvalue weighted by molar-refractivity contribution is 6.33. The molecule has 1 atom stereocenters. The van der Waals surface area contributed by atoms with Crippen molar-refractivity contribution in [1.29, 1.82) is 0 Å². The minimum absolute atomic E-state index is 0.151. The average Bonchev–Trinajstić information content (AvgIpc) is 2.71. The fourth-order valence-electron chi connectivity index (χ4n) is 3.46. The molecule has 29 heavy (non-hydrogen) atoms. The zero-order valence-corrected chi connectivity index (χ0v) is 16.7. The maximum Gasteiger partial charge on any atom is 0.243 e. The predicted octanol–water partition coefficient (Wildman–Crippen LogP) is -0.230. The van der Waals surface area contributed by atoms with E-state index < -0.39 is 11.9 Å². The Morgan fingerprint density at radius 2 is 1.90 bits per heavy atom. The predicted molar refractivity (Wildman–Crippen MR) is 107 cm³/mol. The van der Waals surface area contributed by atoms with Crippen LogP contribution in [0.2, 0.25) is 5.02 Å². The minimum Gasteiger partial charge on any atom is -0.353 e. The van der Waals surface area contributed by atoms with E-state index in [1.54, 1.807) is 29.2 Å². The van der Waals surface area contributed by atoms with Crippen molar-refractivity contribution >= 4 is 41.4 Å². The van der Waals surface area contributed by atoms with Crippen LogP contribution in [0.1, 0.15) is 6.42 Å². The van der Waals surface area contributed by atoms with Gasteiger partial charge in [0, 0.05) is 39.3 Å². The van der Waals surface area contributed by atoms with Gasteiger partial charge in [0.2, 0.25) is 24.1 Å². The molecule has 0 spiro atoms. The Morgan fingerprint density at radius 3 is 2.59 bits per heavy atom. The third-order valence-corrected chi connectivity index (χ3v) is 5.42. The molecule has 1 aromatic rings. The lowest BCUT2D eigenvalue weighted by Crippen LogP contribution is -2.60. The number of amides is 4. The van der Waals surface area contributed by atoms with Crippen LogP contribution < -0.4 is 10.6 Å². The van der Waals surface area contributed by atoms with Crippen molar-refractivity contribution < 1.29 is 19.2 Å². The molecule has 4 amide bonds. The van der Waals surface area contributed by atoms with E-state index in [1.165, 1.54) is 4.90 Å². The molecule has 10 heteroatoms. The molecule has 0 bridgehead atoms. The monoisotopic (exact) mass is 421 g/mol. The molecule has 3 rings (SSSR count). The molecule has 0 aliphatic carbocycles. The van der Waals surface area contributed by atoms with Crippen molar-refractivity contribution in [3.8, 4) is 0 Å². The van der Waals surface area contributed by atoms with Gasteiger partial charge in [0.15, 0.2) is 0 Å². The van der Waals surface area contributed by atoms with E-state index in [1.807, 2.05) is 4.90 Å². The van der Waals surface area contributed by atoms with Gasteiger partial charge in [0.25, 0.3) is 0 Å². The average molecular weight is 422 g/mol. The molecule has 1 unspecified atom stereocenters. The maximum absolute atomic E-state index is 12.8. The molecule has 2 aliphatic heterocycles. The van der Waals surface area contributed by atoms with Gasteiger partial charge < -0.3 is 20.4 Å². The molecule has 1 aromatic carbocycles. The first-order valence-corrected chi connectivity index (χ1v) is 9.89. The topological polar surface area (TPSA) is 102 Å². The van der Waals surface area contributed by atoms with Crippen molar-refractivity contribution in [2.75, 3.05) is 51.1 Å². The summed E-state index contributed by atoms with van der Waals surface area (Å²) in [4.78, 5) is 53.6. The largest absolute Gasteiger partial charge is 0.353 e. The number of carbonyl (C=O) groups excluding carboxylic acids is 4. The smallest absolute Gasteiger partial charge is 0.243 e. The Kier molecular flexibility index (Phi) is 7.05. The fourth-order valence-corrected chi connectivity index (χ4v) is 3.65. The number of hydrogen-bond acceptors (Lipinski definition) is 5. The summed E-state index contributed by atoms with van der Waals surface area (Å²) in [7, 11) is 0. The molecule has 156 valence electrons. The fraction of sp³-hybridized carbons (Fsp3) is 0.474. The van der Waals surface area contributed by atoms with E-state index in [-0.39, 0.29) is 24.8 Å². The summed E-state index contributed by atoms with van der Waals surface area (Å²) in [6, 6.07) is 5.96. The van der Waals surface area contributed by atoms with Crippen molar-refractivity contribution in [2.24, 2.45) is 0 Å². The Balaban J connectivity index is 1.60. The summed E-state index contributed by atoms with van der Waals surface area (Å²) in [6.45, 7) is 3.20. The summed E-state index contributed by atoms with van der Waals surface area (Å²) in [5, 5.41) is 5.81. The van der Waals surface area contributed by atoms with E-state index in [4.69, 9.17) is 11.6 Å². The molecular weight excluding hydrogens is 398 g/mol. The molecule has 0 radical (unpaired) electrons. The third-order valence-electron chi connectivity index (χ3n) is 5.09. The van der Waals surface area contributed by atoms with Gasteiger partial charge in [0.05, 0.1) is 23.7 Å². The lowest BCUT2D eigenvalue weighted by Gasteiger charge is -2.37. The molecular formula is C19H24ClN5O4. The normalized spacial score (nSPS) is 20.2. The minimum atomic E-state index is -0.866. The van der Waals surface area contributed by atoms with Gasteiger partial charge in [-0.3, -0.25) is 24.1 Å². The molecule has 2 fully saturated rings. The number of para-hydroxylation sites is 1. The van der Waals surface area contributed by atoms with Crippen LogP contribution in [0.15, 0.2) is 24.3 Å². The van der Waals surface area contributed by atoms with Crippen LogP contribution in [0.25, 0.3) is 0 Å². The summed E-state index contributed by atoms with van der Waals surface area (Å²) in [6.07, 6.45) is 0.656. The van der Waals surface area contributed by atoms with E-state index in [9.17, 15) is 19.2 Å². The maximum atomic E-state index is 12.8. The number of nitrogens with one attached hydrogen (secondary N) is 2. The summed E-state index contributed by atoms with van der Waals surface area (Å²) in [5.74, 6) is -0.933. The highest BCUT2D eigenvalue weighted by atomic mass is 35.5. The van der Waals surface area contributed by atoms with Crippen LogP contribution >= 0.6 is 11.6 Å². The number of carbonyl (C=O) groups is 4.